The molecule has 0 saturated carbocycles. The molecular weight excluding hydrogens is 1000 g/mol. The Hall–Kier alpha value is -5.16. The predicted molar refractivity (Wildman–Crippen MR) is 300 cm³/mol. The number of ether oxygens (including phenoxy) is 6. The average Bonchev–Trinajstić information content (AvgIpc) is 3.27. The lowest BCUT2D eigenvalue weighted by Crippen LogP contribution is -2.29. The van der Waals surface area contributed by atoms with E-state index in [1.165, 1.54) is 0 Å². The molecule has 0 fully saturated rings. The number of amides is 2. The van der Waals surface area contributed by atoms with Gasteiger partial charge in [0.25, 0.3) is 0 Å². The van der Waals surface area contributed by atoms with Crippen LogP contribution in [-0.4, -0.2) is 94.0 Å². The molecule has 0 radical (unpaired) electrons. The van der Waals surface area contributed by atoms with Gasteiger partial charge in [0, 0.05) is 38.5 Å². The molecule has 16 heteroatoms. The van der Waals surface area contributed by atoms with Gasteiger partial charge in [-0.1, -0.05) is 132 Å². The molecule has 10 bridgehead atoms. The van der Waals surface area contributed by atoms with Crippen molar-refractivity contribution in [3.8, 4) is 23.0 Å². The van der Waals surface area contributed by atoms with Crippen LogP contribution in [0.4, 0.5) is 0 Å². The van der Waals surface area contributed by atoms with Crippen molar-refractivity contribution in [1.29, 1.82) is 0 Å². The van der Waals surface area contributed by atoms with Gasteiger partial charge >= 0.3 is 0 Å². The van der Waals surface area contributed by atoms with Gasteiger partial charge in [0.15, 0.2) is 0 Å². The Balaban J connectivity index is 1.72. The minimum atomic E-state index is -3.75. The van der Waals surface area contributed by atoms with Crippen molar-refractivity contribution in [1.82, 2.24) is 9.44 Å². The van der Waals surface area contributed by atoms with Gasteiger partial charge < -0.3 is 28.4 Å². The van der Waals surface area contributed by atoms with Crippen molar-refractivity contribution in [2.75, 3.05) is 65.4 Å². The van der Waals surface area contributed by atoms with Gasteiger partial charge in [-0.25, -0.2) is 16.8 Å². The maximum Gasteiger partial charge on any atom is 0.233 e. The van der Waals surface area contributed by atoms with Crippen LogP contribution in [0.1, 0.15) is 176 Å². The number of hydrogen-bond acceptors (Lipinski definition) is 12. The maximum absolute atomic E-state index is 12.8. The van der Waals surface area contributed by atoms with E-state index in [9.17, 15) is 26.4 Å². The molecule has 4 aromatic rings. The van der Waals surface area contributed by atoms with Crippen LogP contribution in [0.2, 0.25) is 0 Å². The summed E-state index contributed by atoms with van der Waals surface area (Å²) in [4.78, 5) is 25.6. The molecule has 0 spiro atoms. The summed E-state index contributed by atoms with van der Waals surface area (Å²) in [6.45, 7) is 28.7. The smallest absolute Gasteiger partial charge is 0.233 e. The summed E-state index contributed by atoms with van der Waals surface area (Å²) in [7, 11) is -7.50. The summed E-state index contributed by atoms with van der Waals surface area (Å²) < 4.78 is 91.9. The van der Waals surface area contributed by atoms with Gasteiger partial charge in [0.2, 0.25) is 31.9 Å². The van der Waals surface area contributed by atoms with E-state index in [1.807, 2.05) is 0 Å². The number of carbonyl (C=O) groups is 2. The fourth-order valence-corrected chi connectivity index (χ4v) is 10.5. The first-order valence-corrected chi connectivity index (χ1v) is 30.4. The SMILES string of the molecule is CC(C)(C)c1cc2c(OCCCC(=O)NS(C)(=O)=O)c(c1)Cc1cc(C(C)(C)C)cc3c1OCCOCCOCCOc1c(cc(C(C)(C)C)cc1C3)Cc1cc(C(C)(C)C)cc(c1OCCCC(=O)NS(C)(=O)=O)C2. The molecule has 2 amide bonds. The zero-order valence-corrected chi connectivity index (χ0v) is 49.3. The first-order chi connectivity index (χ1) is 35.2. The topological polar surface area (TPSA) is 182 Å². The van der Waals surface area contributed by atoms with E-state index >= 15 is 0 Å². The molecule has 2 N–H and O–H groups in total. The van der Waals surface area contributed by atoms with E-state index in [-0.39, 0.29) is 60.6 Å². The molecule has 0 aromatic heterocycles. The van der Waals surface area contributed by atoms with Crippen LogP contribution >= 0.6 is 0 Å². The second-order valence-corrected chi connectivity index (χ2v) is 28.1. The maximum atomic E-state index is 12.8. The fraction of sp³-hybridized carbons (Fsp3) is 0.567. The van der Waals surface area contributed by atoms with Gasteiger partial charge in [-0.15, -0.1) is 0 Å². The Kier molecular flexibility index (Phi) is 19.2. The minimum absolute atomic E-state index is 0.0685. The molecule has 1 aliphatic heterocycles. The summed E-state index contributed by atoms with van der Waals surface area (Å²) in [6, 6.07) is 17.9. The standard InChI is InChI=1S/C60H84N2O12S2/c1-57(2,3)47-31-39-27-40-32-48(58(4,5)6)34-42(54(40)72-20-16-18-52(64)62-76(14,67)68)29-44-36-50(60(10,11)12)38-46-30-45-37-49(59(7,8)9)35-43(55(45)73-25-23-69-21-22-70-24-26-74-56(44)46)28-41(33-47)53(39)71-19-15-17-51(63)61-75(13,65)66/h31-38H,15-30H2,1-14H3,(H,61,63)(H,62,64). The normalized spacial score (nSPS) is 15.2. The highest BCUT2D eigenvalue weighted by Crippen LogP contribution is 2.44. The van der Waals surface area contributed by atoms with E-state index in [2.05, 4.69) is 141 Å². The molecule has 0 atom stereocenters. The lowest BCUT2D eigenvalue weighted by molar-refractivity contribution is -0.120. The summed E-state index contributed by atoms with van der Waals surface area (Å²) in [5.41, 5.74) is 10.8. The van der Waals surface area contributed by atoms with Crippen LogP contribution in [0.25, 0.3) is 0 Å². The van der Waals surface area contributed by atoms with E-state index in [1.54, 1.807) is 0 Å². The molecule has 1 heterocycles. The van der Waals surface area contributed by atoms with Crippen molar-refractivity contribution in [2.45, 2.75) is 156 Å². The Morgan fingerprint density at radius 1 is 0.434 bits per heavy atom. The molecule has 4 aromatic carbocycles. The van der Waals surface area contributed by atoms with Gasteiger partial charge in [0.05, 0.1) is 52.2 Å². The summed E-state index contributed by atoms with van der Waals surface area (Å²) in [6.07, 6.45) is 3.90. The number of rotatable bonds is 12. The third kappa shape index (κ3) is 17.2. The average molecular weight is 1090 g/mol. The highest BCUT2D eigenvalue weighted by atomic mass is 32.2. The van der Waals surface area contributed by atoms with Gasteiger partial charge in [0.1, 0.15) is 36.2 Å². The fourth-order valence-electron chi connectivity index (χ4n) is 9.42. The molecule has 76 heavy (non-hydrogen) atoms. The van der Waals surface area contributed by atoms with E-state index in [0.717, 1.165) is 90.8 Å². The van der Waals surface area contributed by atoms with E-state index < -0.39 is 31.9 Å². The third-order valence-corrected chi connectivity index (χ3v) is 14.7. The number of fused-ring (bicyclic) bond motifs is 4. The molecule has 1 aliphatic carbocycles. The van der Waals surface area contributed by atoms with Gasteiger partial charge in [-0.2, -0.15) is 0 Å². The number of sulfonamides is 2. The number of hydrogen-bond donors (Lipinski definition) is 2. The summed E-state index contributed by atoms with van der Waals surface area (Å²) in [5, 5.41) is 0. The van der Waals surface area contributed by atoms with Crippen LogP contribution in [0, 0.1) is 0 Å². The quantitative estimate of drug-likeness (QED) is 0.113. The third-order valence-electron chi connectivity index (χ3n) is 13.5. The zero-order valence-electron chi connectivity index (χ0n) is 47.6. The molecule has 418 valence electrons. The van der Waals surface area contributed by atoms with Gasteiger partial charge in [-0.3, -0.25) is 19.0 Å². The highest BCUT2D eigenvalue weighted by molar-refractivity contribution is 7.89. The van der Waals surface area contributed by atoms with Crippen LogP contribution < -0.4 is 28.4 Å². The first-order valence-electron chi connectivity index (χ1n) is 26.6. The Morgan fingerprint density at radius 3 is 0.961 bits per heavy atom. The Labute approximate surface area is 453 Å². The van der Waals surface area contributed by atoms with Crippen molar-refractivity contribution in [3.63, 3.8) is 0 Å². The molecule has 0 saturated heterocycles. The van der Waals surface area contributed by atoms with E-state index in [0.29, 0.717) is 76.8 Å². The lowest BCUT2D eigenvalue weighted by atomic mass is 9.79. The van der Waals surface area contributed by atoms with Crippen molar-refractivity contribution < 1.29 is 54.8 Å². The molecular formula is C60H84N2O12S2. The van der Waals surface area contributed by atoms with Crippen LogP contribution in [0.15, 0.2) is 48.5 Å². The highest BCUT2D eigenvalue weighted by Gasteiger charge is 2.30. The largest absolute Gasteiger partial charge is 0.493 e. The number of benzene rings is 4. The minimum Gasteiger partial charge on any atom is -0.493 e. The van der Waals surface area contributed by atoms with Crippen molar-refractivity contribution in [2.24, 2.45) is 0 Å². The summed E-state index contributed by atoms with van der Waals surface area (Å²) in [5.74, 6) is 1.57. The molecule has 14 nitrogen and oxygen atoms in total. The van der Waals surface area contributed by atoms with Crippen LogP contribution in [-0.2, 0) is 86.5 Å². The predicted octanol–water partition coefficient (Wildman–Crippen LogP) is 9.83. The van der Waals surface area contributed by atoms with Crippen molar-refractivity contribution in [3.05, 3.63) is 115 Å². The second kappa shape index (κ2) is 24.2. The first kappa shape index (κ1) is 60.1. The molecule has 0 unspecified atom stereocenters. The Morgan fingerprint density at radius 2 is 0.684 bits per heavy atom. The zero-order chi connectivity index (χ0) is 56.0. The second-order valence-electron chi connectivity index (χ2n) is 24.6. The Bertz CT molecular complexity index is 2770. The molecule has 2 aliphatic rings. The number of nitrogens with one attached hydrogen (secondary N) is 2. The molecule has 6 rings (SSSR count). The monoisotopic (exact) mass is 1090 g/mol. The van der Waals surface area contributed by atoms with Crippen LogP contribution in [0.3, 0.4) is 0 Å². The van der Waals surface area contributed by atoms with Crippen LogP contribution in [0.5, 0.6) is 23.0 Å². The lowest BCUT2D eigenvalue weighted by Gasteiger charge is -2.29. The van der Waals surface area contributed by atoms with Gasteiger partial charge in [-0.05, 0) is 101 Å². The van der Waals surface area contributed by atoms with E-state index in [4.69, 9.17) is 28.4 Å². The summed E-state index contributed by atoms with van der Waals surface area (Å²) >= 11 is 0. The van der Waals surface area contributed by atoms with Crippen molar-refractivity contribution >= 4 is 31.9 Å². The number of carbonyl (C=O) groups excluding carboxylic acids is 2.